The minimum Gasteiger partial charge on any atom is -0.310 e. The van der Waals surface area contributed by atoms with Crippen molar-refractivity contribution in [1.29, 1.82) is 0 Å². The molecule has 18 heavy (non-hydrogen) atoms. The second-order valence-corrected chi connectivity index (χ2v) is 14.5. The van der Waals surface area contributed by atoms with Crippen molar-refractivity contribution in [2.75, 3.05) is 18.8 Å². The topological polar surface area (TPSA) is 30.7 Å². The number of fused-ring (bicyclic) bond motifs is 1. The maximum Gasteiger partial charge on any atom is 0.152 e. The third-order valence-corrected chi connectivity index (χ3v) is 11.2. The van der Waals surface area contributed by atoms with Crippen molar-refractivity contribution in [3.63, 3.8) is 0 Å². The first-order valence-corrected chi connectivity index (χ1v) is 9.93. The van der Waals surface area contributed by atoms with Gasteiger partial charge in [0.05, 0.1) is 5.39 Å². The predicted octanol–water partition coefficient (Wildman–Crippen LogP) is 3.61. The molecule has 2 aromatic heterocycles. The molecule has 0 unspecified atom stereocenters. The van der Waals surface area contributed by atoms with Gasteiger partial charge < -0.3 is 3.97 Å². The second-order valence-electron chi connectivity index (χ2n) is 6.95. The highest BCUT2D eigenvalue weighted by Crippen LogP contribution is 2.70. The monoisotopic (exact) mass is 287 g/mol. The number of aromatic nitrogens is 3. The van der Waals surface area contributed by atoms with E-state index < -0.39 is 9.35 Å². The van der Waals surface area contributed by atoms with Crippen LogP contribution in [0, 0.1) is 0 Å². The van der Waals surface area contributed by atoms with Crippen molar-refractivity contribution < 1.29 is 0 Å². The fourth-order valence-corrected chi connectivity index (χ4v) is 3.99. The number of hydrogen-bond donors (Lipinski definition) is 1. The van der Waals surface area contributed by atoms with E-state index in [1.54, 1.807) is 0 Å². The first-order valence-electron chi connectivity index (χ1n) is 6.02. The van der Waals surface area contributed by atoms with Crippen LogP contribution in [0.25, 0.3) is 11.0 Å². The normalized spacial score (nSPS) is 15.6. The molecule has 0 saturated heterocycles. The standard InChI is InChI=1S/C13H22ClN3S/c1-13(2,3)18(4,5,6)17-8-7-10-11(14)15-9-16-12(10)17/h7-9,18H,1-6H3. The molecule has 0 bridgehead atoms. The molecule has 0 N–H and O–H groups in total. The molecule has 0 aromatic carbocycles. The van der Waals surface area contributed by atoms with Crippen LogP contribution in [0.1, 0.15) is 20.8 Å². The Balaban J connectivity index is 2.81. The van der Waals surface area contributed by atoms with Crippen LogP contribution < -0.4 is 0 Å². The minimum atomic E-state index is -2.13. The Kier molecular flexibility index (Phi) is 2.77. The Labute approximate surface area is 114 Å². The summed E-state index contributed by atoms with van der Waals surface area (Å²) >= 11 is 6.13. The molecule has 2 rings (SSSR count). The fraction of sp³-hybridized carbons (Fsp3) is 0.538. The van der Waals surface area contributed by atoms with E-state index >= 15 is 0 Å². The van der Waals surface area contributed by atoms with Gasteiger partial charge in [0.25, 0.3) is 0 Å². The van der Waals surface area contributed by atoms with Gasteiger partial charge in [0.2, 0.25) is 0 Å². The lowest BCUT2D eigenvalue weighted by Gasteiger charge is -2.63. The van der Waals surface area contributed by atoms with Gasteiger partial charge in [-0.25, -0.2) is 19.3 Å². The van der Waals surface area contributed by atoms with Gasteiger partial charge in [-0.2, -0.15) is 0 Å². The molecule has 2 aromatic rings. The highest BCUT2D eigenvalue weighted by Gasteiger charge is 2.40. The van der Waals surface area contributed by atoms with Crippen molar-refractivity contribution in [3.05, 3.63) is 23.7 Å². The Hall–Kier alpha value is -0.740. The molecule has 0 atom stereocenters. The summed E-state index contributed by atoms with van der Waals surface area (Å²) < 4.78 is 2.52. The molecule has 5 heteroatoms. The van der Waals surface area contributed by atoms with Crippen LogP contribution in [-0.2, 0) is 0 Å². The van der Waals surface area contributed by atoms with Crippen molar-refractivity contribution in [3.8, 4) is 0 Å². The van der Waals surface area contributed by atoms with Gasteiger partial charge in [-0.3, -0.25) is 0 Å². The van der Waals surface area contributed by atoms with Crippen molar-refractivity contribution in [2.24, 2.45) is 0 Å². The van der Waals surface area contributed by atoms with E-state index in [1.807, 2.05) is 6.07 Å². The SMILES string of the molecule is CC(C)(C)[SH](C)(C)(C)n1ccc2c(Cl)ncnc21. The van der Waals surface area contributed by atoms with E-state index in [1.165, 1.54) is 6.33 Å². The Morgan fingerprint density at radius 2 is 1.78 bits per heavy atom. The van der Waals surface area contributed by atoms with E-state index in [0.29, 0.717) is 5.15 Å². The highest BCUT2D eigenvalue weighted by atomic mass is 35.5. The maximum atomic E-state index is 6.13. The molecule has 3 nitrogen and oxygen atoms in total. The molecule has 102 valence electrons. The van der Waals surface area contributed by atoms with Gasteiger partial charge in [-0.15, -0.1) is 0 Å². The van der Waals surface area contributed by atoms with Gasteiger partial charge in [-0.1, -0.05) is 32.4 Å². The number of hydrogen-bond acceptors (Lipinski definition) is 2. The maximum absolute atomic E-state index is 6.13. The van der Waals surface area contributed by atoms with E-state index in [9.17, 15) is 0 Å². The molecule has 0 saturated carbocycles. The summed E-state index contributed by atoms with van der Waals surface area (Å²) in [5, 5.41) is 1.46. The average Bonchev–Trinajstić information content (AvgIpc) is 2.60. The molecule has 0 fully saturated rings. The van der Waals surface area contributed by atoms with Crippen molar-refractivity contribution in [1.82, 2.24) is 13.9 Å². The van der Waals surface area contributed by atoms with Crippen LogP contribution in [-0.4, -0.2) is 37.5 Å². The summed E-state index contributed by atoms with van der Waals surface area (Å²) in [6, 6.07) is 2.02. The summed E-state index contributed by atoms with van der Waals surface area (Å²) in [5.74, 6) is 0. The molecular weight excluding hydrogens is 266 g/mol. The zero-order valence-electron chi connectivity index (χ0n) is 11.9. The number of thiol groups is 1. The van der Waals surface area contributed by atoms with Gasteiger partial charge in [-0.05, 0) is 29.6 Å². The smallest absolute Gasteiger partial charge is 0.152 e. The largest absolute Gasteiger partial charge is 0.310 e. The van der Waals surface area contributed by atoms with E-state index in [4.69, 9.17) is 11.6 Å². The highest BCUT2D eigenvalue weighted by molar-refractivity contribution is 8.48. The van der Waals surface area contributed by atoms with Gasteiger partial charge in [0.1, 0.15) is 11.5 Å². The summed E-state index contributed by atoms with van der Waals surface area (Å²) in [4.78, 5) is 8.47. The Bertz CT molecular complexity index is 602. The number of nitrogens with zero attached hydrogens (tertiary/aromatic N) is 3. The fourth-order valence-electron chi connectivity index (χ4n) is 1.80. The third-order valence-electron chi connectivity index (χ3n) is 4.48. The quantitative estimate of drug-likeness (QED) is 0.642. The Morgan fingerprint density at radius 1 is 1.17 bits per heavy atom. The van der Waals surface area contributed by atoms with Gasteiger partial charge >= 0.3 is 0 Å². The summed E-state index contributed by atoms with van der Waals surface area (Å²) in [6.45, 7) is 6.87. The summed E-state index contributed by atoms with van der Waals surface area (Å²) in [7, 11) is -2.13. The Morgan fingerprint density at radius 3 is 2.33 bits per heavy atom. The molecule has 2 heterocycles. The predicted molar refractivity (Wildman–Crippen MR) is 84.4 cm³/mol. The van der Waals surface area contributed by atoms with Crippen LogP contribution in [0.4, 0.5) is 0 Å². The first kappa shape index (κ1) is 13.7. The molecule has 0 amide bonds. The van der Waals surface area contributed by atoms with Gasteiger partial charge in [0, 0.05) is 6.20 Å². The van der Waals surface area contributed by atoms with E-state index in [2.05, 4.69) is 59.7 Å². The van der Waals surface area contributed by atoms with Crippen LogP contribution in [0.15, 0.2) is 18.6 Å². The minimum absolute atomic E-state index is 0.189. The van der Waals surface area contributed by atoms with Crippen LogP contribution in [0.3, 0.4) is 0 Å². The molecule has 0 aliphatic heterocycles. The van der Waals surface area contributed by atoms with Crippen LogP contribution in [0.5, 0.6) is 0 Å². The molecular formula is C13H22ClN3S. The zero-order chi connectivity index (χ0) is 13.8. The van der Waals surface area contributed by atoms with Crippen molar-refractivity contribution in [2.45, 2.75) is 25.5 Å². The molecule has 0 aliphatic carbocycles. The van der Waals surface area contributed by atoms with E-state index in [0.717, 1.165) is 11.0 Å². The van der Waals surface area contributed by atoms with Crippen LogP contribution >= 0.6 is 20.9 Å². The van der Waals surface area contributed by atoms with Gasteiger partial charge in [0.15, 0.2) is 5.65 Å². The number of halogens is 1. The molecule has 0 aliphatic rings. The van der Waals surface area contributed by atoms with Crippen molar-refractivity contribution >= 4 is 32.0 Å². The molecule has 0 spiro atoms. The zero-order valence-corrected chi connectivity index (χ0v) is 13.5. The summed E-state index contributed by atoms with van der Waals surface area (Å²) in [6.07, 6.45) is 10.7. The van der Waals surface area contributed by atoms with Crippen LogP contribution in [0.2, 0.25) is 5.15 Å². The summed E-state index contributed by atoms with van der Waals surface area (Å²) in [5.41, 5.74) is 0.940. The number of rotatable bonds is 1. The first-order chi connectivity index (χ1) is 8.03. The third kappa shape index (κ3) is 1.74. The average molecular weight is 288 g/mol. The lowest BCUT2D eigenvalue weighted by atomic mass is 10.3. The lowest BCUT2D eigenvalue weighted by Crippen LogP contribution is -2.39. The van der Waals surface area contributed by atoms with E-state index in [-0.39, 0.29) is 4.75 Å². The second kappa shape index (κ2) is 3.64. The molecule has 0 radical (unpaired) electrons. The lowest BCUT2D eigenvalue weighted by molar-refractivity contribution is 0.768.